The molecule has 0 saturated carbocycles. The molecule has 0 aliphatic heterocycles. The molecule has 0 radical (unpaired) electrons. The van der Waals surface area contributed by atoms with Gasteiger partial charge < -0.3 is 14.2 Å². The number of halogens is 1. The van der Waals surface area contributed by atoms with Crippen molar-refractivity contribution < 1.29 is 8.83 Å². The Morgan fingerprint density at radius 2 is 2.21 bits per heavy atom. The summed E-state index contributed by atoms with van der Waals surface area (Å²) in [5, 5.41) is 2.96. The van der Waals surface area contributed by atoms with Gasteiger partial charge in [-0.2, -0.15) is 0 Å². The molecule has 2 aromatic heterocycles. The van der Waals surface area contributed by atoms with Gasteiger partial charge in [0.15, 0.2) is 16.2 Å². The van der Waals surface area contributed by atoms with Gasteiger partial charge in [0.25, 0.3) is 0 Å². The first-order valence-corrected chi connectivity index (χ1v) is 4.94. The molecule has 2 heterocycles. The van der Waals surface area contributed by atoms with E-state index in [1.807, 2.05) is 19.2 Å². The first-order chi connectivity index (χ1) is 6.79. The quantitative estimate of drug-likeness (QED) is 0.917. The molecule has 2 rings (SSSR count). The van der Waals surface area contributed by atoms with E-state index in [2.05, 4.69) is 26.2 Å². The monoisotopic (exact) mass is 256 g/mol. The number of furan rings is 1. The Morgan fingerprint density at radius 1 is 1.36 bits per heavy atom. The topological polar surface area (TPSA) is 51.2 Å². The number of hydrogen-bond acceptors (Lipinski definition) is 4. The van der Waals surface area contributed by atoms with E-state index >= 15 is 0 Å². The summed E-state index contributed by atoms with van der Waals surface area (Å²) >= 11 is 3.23. The van der Waals surface area contributed by atoms with Crippen LogP contribution in [0.4, 0.5) is 0 Å². The smallest absolute Gasteiger partial charge is 0.209 e. The highest BCUT2D eigenvalue weighted by molar-refractivity contribution is 9.10. The molecule has 0 saturated heterocycles. The summed E-state index contributed by atoms with van der Waals surface area (Å²) in [7, 11) is 1.84. The number of nitrogens with one attached hydrogen (secondary N) is 1. The summed E-state index contributed by atoms with van der Waals surface area (Å²) in [6.07, 6.45) is 1.65. The minimum absolute atomic E-state index is 0.613. The van der Waals surface area contributed by atoms with Crippen molar-refractivity contribution in [1.82, 2.24) is 10.3 Å². The number of oxazole rings is 1. The lowest BCUT2D eigenvalue weighted by molar-refractivity contribution is 0.466. The standard InChI is InChI=1S/C9H9BrN2O2/c1-11-5-9-12-4-7(14-9)6-2-3-8(10)13-6/h2-4,11H,5H2,1H3. The molecule has 0 unspecified atom stereocenters. The van der Waals surface area contributed by atoms with E-state index < -0.39 is 0 Å². The number of hydrogen-bond donors (Lipinski definition) is 1. The second-order valence-electron chi connectivity index (χ2n) is 2.75. The molecule has 0 bridgehead atoms. The van der Waals surface area contributed by atoms with E-state index in [0.717, 1.165) is 0 Å². The molecule has 5 heteroatoms. The Kier molecular flexibility index (Phi) is 2.69. The summed E-state index contributed by atoms with van der Waals surface area (Å²) in [6, 6.07) is 3.64. The average molecular weight is 257 g/mol. The van der Waals surface area contributed by atoms with Crippen molar-refractivity contribution in [3.63, 3.8) is 0 Å². The molecule has 0 amide bonds. The predicted molar refractivity (Wildman–Crippen MR) is 54.7 cm³/mol. The Hall–Kier alpha value is -1.07. The maximum absolute atomic E-state index is 5.44. The van der Waals surface area contributed by atoms with Gasteiger partial charge in [0.05, 0.1) is 12.7 Å². The van der Waals surface area contributed by atoms with Crippen LogP contribution in [0, 0.1) is 0 Å². The van der Waals surface area contributed by atoms with Crippen molar-refractivity contribution in [3.05, 3.63) is 28.9 Å². The summed E-state index contributed by atoms with van der Waals surface area (Å²) < 4.78 is 11.4. The highest BCUT2D eigenvalue weighted by Crippen LogP contribution is 2.25. The van der Waals surface area contributed by atoms with Gasteiger partial charge in [-0.05, 0) is 35.1 Å². The molecule has 0 spiro atoms. The van der Waals surface area contributed by atoms with Crippen molar-refractivity contribution in [2.24, 2.45) is 0 Å². The number of nitrogens with zero attached hydrogens (tertiary/aromatic N) is 1. The first-order valence-electron chi connectivity index (χ1n) is 4.14. The zero-order valence-electron chi connectivity index (χ0n) is 7.58. The molecule has 74 valence electrons. The summed E-state index contributed by atoms with van der Waals surface area (Å²) in [4.78, 5) is 4.09. The maximum Gasteiger partial charge on any atom is 0.209 e. The van der Waals surface area contributed by atoms with Gasteiger partial charge in [0.2, 0.25) is 5.89 Å². The average Bonchev–Trinajstić information content (AvgIpc) is 2.74. The molecule has 0 aliphatic rings. The van der Waals surface area contributed by atoms with Crippen LogP contribution in [0.3, 0.4) is 0 Å². The van der Waals surface area contributed by atoms with E-state index in [9.17, 15) is 0 Å². The zero-order valence-corrected chi connectivity index (χ0v) is 9.17. The summed E-state index contributed by atoms with van der Waals surface area (Å²) in [5.74, 6) is 1.96. The summed E-state index contributed by atoms with van der Waals surface area (Å²) in [6.45, 7) is 0.613. The van der Waals surface area contributed by atoms with Crippen molar-refractivity contribution in [3.8, 4) is 11.5 Å². The lowest BCUT2D eigenvalue weighted by Gasteiger charge is -1.91. The zero-order chi connectivity index (χ0) is 9.97. The van der Waals surface area contributed by atoms with Gasteiger partial charge in [-0.25, -0.2) is 4.98 Å². The minimum atomic E-state index is 0.613. The molecule has 4 nitrogen and oxygen atoms in total. The molecule has 14 heavy (non-hydrogen) atoms. The van der Waals surface area contributed by atoms with E-state index in [1.54, 1.807) is 6.20 Å². The van der Waals surface area contributed by atoms with Crippen LogP contribution in [0.25, 0.3) is 11.5 Å². The minimum Gasteiger partial charge on any atom is -0.446 e. The lowest BCUT2D eigenvalue weighted by Crippen LogP contribution is -2.04. The number of aromatic nitrogens is 1. The van der Waals surface area contributed by atoms with Crippen molar-refractivity contribution in [2.45, 2.75) is 6.54 Å². The van der Waals surface area contributed by atoms with Crippen LogP contribution >= 0.6 is 15.9 Å². The molecule has 1 N–H and O–H groups in total. The van der Waals surface area contributed by atoms with Crippen LogP contribution in [0.1, 0.15) is 5.89 Å². The third-order valence-corrected chi connectivity index (χ3v) is 2.12. The maximum atomic E-state index is 5.44. The molecular formula is C9H9BrN2O2. The third kappa shape index (κ3) is 1.88. The predicted octanol–water partition coefficient (Wildman–Crippen LogP) is 2.42. The second kappa shape index (κ2) is 3.98. The van der Waals surface area contributed by atoms with E-state index in [-0.39, 0.29) is 0 Å². The highest BCUT2D eigenvalue weighted by atomic mass is 79.9. The Balaban J connectivity index is 2.24. The van der Waals surface area contributed by atoms with Crippen LogP contribution in [0.15, 0.2) is 31.8 Å². The molecule has 0 atom stereocenters. The largest absolute Gasteiger partial charge is 0.446 e. The normalized spacial score (nSPS) is 10.7. The molecular weight excluding hydrogens is 248 g/mol. The van der Waals surface area contributed by atoms with Gasteiger partial charge in [0, 0.05) is 0 Å². The third-order valence-electron chi connectivity index (χ3n) is 1.70. The first kappa shape index (κ1) is 9.48. The van der Waals surface area contributed by atoms with Crippen molar-refractivity contribution >= 4 is 15.9 Å². The van der Waals surface area contributed by atoms with Gasteiger partial charge in [-0.1, -0.05) is 0 Å². The fraction of sp³-hybridized carbons (Fsp3) is 0.222. The van der Waals surface area contributed by atoms with Crippen LogP contribution in [0.5, 0.6) is 0 Å². The van der Waals surface area contributed by atoms with E-state index in [1.165, 1.54) is 0 Å². The number of rotatable bonds is 3. The SMILES string of the molecule is CNCc1ncc(-c2ccc(Br)o2)o1. The van der Waals surface area contributed by atoms with E-state index in [0.29, 0.717) is 28.6 Å². The van der Waals surface area contributed by atoms with Gasteiger partial charge in [-0.15, -0.1) is 0 Å². The van der Waals surface area contributed by atoms with Crippen LogP contribution in [0.2, 0.25) is 0 Å². The Bertz CT molecular complexity index is 422. The highest BCUT2D eigenvalue weighted by Gasteiger charge is 2.09. The van der Waals surface area contributed by atoms with Crippen molar-refractivity contribution in [2.75, 3.05) is 7.05 Å². The van der Waals surface area contributed by atoms with Gasteiger partial charge in [0.1, 0.15) is 0 Å². The Morgan fingerprint density at radius 3 is 2.86 bits per heavy atom. The van der Waals surface area contributed by atoms with Crippen LogP contribution in [-0.4, -0.2) is 12.0 Å². The fourth-order valence-corrected chi connectivity index (χ4v) is 1.41. The van der Waals surface area contributed by atoms with Crippen LogP contribution < -0.4 is 5.32 Å². The molecule has 0 fully saturated rings. The molecule has 0 aliphatic carbocycles. The van der Waals surface area contributed by atoms with Crippen molar-refractivity contribution in [1.29, 1.82) is 0 Å². The summed E-state index contributed by atoms with van der Waals surface area (Å²) in [5.41, 5.74) is 0. The fourth-order valence-electron chi connectivity index (χ4n) is 1.10. The van der Waals surface area contributed by atoms with Gasteiger partial charge in [-0.3, -0.25) is 0 Å². The van der Waals surface area contributed by atoms with Gasteiger partial charge >= 0.3 is 0 Å². The Labute approximate surface area is 89.4 Å². The van der Waals surface area contributed by atoms with E-state index in [4.69, 9.17) is 8.83 Å². The molecule has 2 aromatic rings. The second-order valence-corrected chi connectivity index (χ2v) is 3.53. The van der Waals surface area contributed by atoms with Crippen LogP contribution in [-0.2, 0) is 6.54 Å². The lowest BCUT2D eigenvalue weighted by atomic mass is 10.4. The molecule has 0 aromatic carbocycles.